The molecule has 1 atom stereocenters. The fourth-order valence-corrected chi connectivity index (χ4v) is 3.11. The molecule has 0 spiro atoms. The SMILES string of the molecule is CC1(c2ccccc2)CNc2cc(S(C)(=O)=O)ccc2O1. The van der Waals surface area contributed by atoms with E-state index in [0.29, 0.717) is 22.9 Å². The zero-order chi connectivity index (χ0) is 15.1. The first kappa shape index (κ1) is 13.9. The van der Waals surface area contributed by atoms with Gasteiger partial charge in [-0.1, -0.05) is 30.3 Å². The Morgan fingerprint density at radius 3 is 2.52 bits per heavy atom. The van der Waals surface area contributed by atoms with Crippen LogP contribution in [-0.2, 0) is 15.4 Å². The Labute approximate surface area is 124 Å². The first-order chi connectivity index (χ1) is 9.88. The molecule has 1 N–H and O–H groups in total. The first-order valence-electron chi connectivity index (χ1n) is 6.71. The Morgan fingerprint density at radius 1 is 1.14 bits per heavy atom. The average Bonchev–Trinajstić information content (AvgIpc) is 2.46. The van der Waals surface area contributed by atoms with Crippen LogP contribution in [0.3, 0.4) is 0 Å². The van der Waals surface area contributed by atoms with Gasteiger partial charge in [0.25, 0.3) is 0 Å². The summed E-state index contributed by atoms with van der Waals surface area (Å²) < 4.78 is 29.3. The number of fused-ring (bicyclic) bond motifs is 1. The first-order valence-corrected chi connectivity index (χ1v) is 8.60. The number of rotatable bonds is 2. The van der Waals surface area contributed by atoms with E-state index < -0.39 is 15.4 Å². The quantitative estimate of drug-likeness (QED) is 0.927. The van der Waals surface area contributed by atoms with E-state index in [1.54, 1.807) is 18.2 Å². The van der Waals surface area contributed by atoms with Gasteiger partial charge < -0.3 is 10.1 Å². The Kier molecular flexibility index (Phi) is 3.17. The summed E-state index contributed by atoms with van der Waals surface area (Å²) >= 11 is 0. The van der Waals surface area contributed by atoms with Crippen LogP contribution < -0.4 is 10.1 Å². The molecule has 0 saturated carbocycles. The molecule has 2 aromatic carbocycles. The minimum absolute atomic E-state index is 0.292. The lowest BCUT2D eigenvalue weighted by molar-refractivity contribution is 0.0938. The van der Waals surface area contributed by atoms with Crippen molar-refractivity contribution in [3.8, 4) is 5.75 Å². The van der Waals surface area contributed by atoms with E-state index in [9.17, 15) is 8.42 Å². The molecule has 5 heteroatoms. The maximum Gasteiger partial charge on any atom is 0.175 e. The van der Waals surface area contributed by atoms with E-state index in [1.807, 2.05) is 37.3 Å². The van der Waals surface area contributed by atoms with Gasteiger partial charge in [0, 0.05) is 6.26 Å². The summed E-state index contributed by atoms with van der Waals surface area (Å²) in [6.45, 7) is 2.60. The van der Waals surface area contributed by atoms with E-state index in [4.69, 9.17) is 4.74 Å². The van der Waals surface area contributed by atoms with Crippen molar-refractivity contribution in [1.29, 1.82) is 0 Å². The maximum absolute atomic E-state index is 11.6. The average molecular weight is 303 g/mol. The Bertz CT molecular complexity index is 771. The summed E-state index contributed by atoms with van der Waals surface area (Å²) in [5, 5.41) is 3.27. The molecule has 0 bridgehead atoms. The van der Waals surface area contributed by atoms with Crippen LogP contribution in [0.1, 0.15) is 12.5 Å². The predicted molar refractivity (Wildman–Crippen MR) is 82.5 cm³/mol. The number of benzene rings is 2. The molecule has 110 valence electrons. The van der Waals surface area contributed by atoms with Crippen LogP contribution >= 0.6 is 0 Å². The van der Waals surface area contributed by atoms with Gasteiger partial charge in [0.15, 0.2) is 9.84 Å². The molecule has 1 aliphatic heterocycles. The lowest BCUT2D eigenvalue weighted by Gasteiger charge is -2.37. The summed E-state index contributed by atoms with van der Waals surface area (Å²) in [5.74, 6) is 0.667. The number of hydrogen-bond donors (Lipinski definition) is 1. The van der Waals surface area contributed by atoms with Crippen LogP contribution in [0.15, 0.2) is 53.4 Å². The number of anilines is 1. The Morgan fingerprint density at radius 2 is 1.86 bits per heavy atom. The van der Waals surface area contributed by atoms with Crippen molar-refractivity contribution >= 4 is 15.5 Å². The highest BCUT2D eigenvalue weighted by Crippen LogP contribution is 2.38. The van der Waals surface area contributed by atoms with E-state index in [1.165, 1.54) is 6.26 Å². The van der Waals surface area contributed by atoms with Gasteiger partial charge in [0.1, 0.15) is 11.4 Å². The summed E-state index contributed by atoms with van der Waals surface area (Å²) in [7, 11) is -3.21. The molecule has 3 rings (SSSR count). The van der Waals surface area contributed by atoms with Crippen molar-refractivity contribution in [3.05, 3.63) is 54.1 Å². The van der Waals surface area contributed by atoms with Crippen molar-refractivity contribution in [2.45, 2.75) is 17.4 Å². The van der Waals surface area contributed by atoms with Crippen molar-refractivity contribution < 1.29 is 13.2 Å². The normalized spacial score (nSPS) is 21.0. The van der Waals surface area contributed by atoms with Gasteiger partial charge in [0.05, 0.1) is 17.1 Å². The molecule has 1 aliphatic rings. The van der Waals surface area contributed by atoms with Crippen LogP contribution in [0, 0.1) is 0 Å². The second-order valence-electron chi connectivity index (χ2n) is 5.48. The third-order valence-corrected chi connectivity index (χ3v) is 4.83. The third kappa shape index (κ3) is 2.61. The lowest BCUT2D eigenvalue weighted by Crippen LogP contribution is -2.40. The van der Waals surface area contributed by atoms with Gasteiger partial charge in [-0.15, -0.1) is 0 Å². The summed E-state index contributed by atoms with van der Waals surface area (Å²) in [5.41, 5.74) is 1.32. The van der Waals surface area contributed by atoms with Gasteiger partial charge in [-0.3, -0.25) is 0 Å². The molecular formula is C16H17NO3S. The molecule has 0 amide bonds. The van der Waals surface area contributed by atoms with Crippen LogP contribution in [0.2, 0.25) is 0 Å². The van der Waals surface area contributed by atoms with E-state index in [0.717, 1.165) is 5.56 Å². The predicted octanol–water partition coefficient (Wildman–Crippen LogP) is 2.81. The van der Waals surface area contributed by atoms with E-state index >= 15 is 0 Å². The van der Waals surface area contributed by atoms with E-state index in [-0.39, 0.29) is 0 Å². The zero-order valence-corrected chi connectivity index (χ0v) is 12.8. The van der Waals surface area contributed by atoms with E-state index in [2.05, 4.69) is 5.32 Å². The molecule has 21 heavy (non-hydrogen) atoms. The molecule has 1 heterocycles. The smallest absolute Gasteiger partial charge is 0.175 e. The topological polar surface area (TPSA) is 55.4 Å². The highest BCUT2D eigenvalue weighted by Gasteiger charge is 2.33. The van der Waals surface area contributed by atoms with Gasteiger partial charge in [-0.25, -0.2) is 8.42 Å². The Hall–Kier alpha value is -2.01. The molecule has 0 radical (unpaired) electrons. The van der Waals surface area contributed by atoms with Crippen molar-refractivity contribution in [1.82, 2.24) is 0 Å². The van der Waals surface area contributed by atoms with Crippen molar-refractivity contribution in [3.63, 3.8) is 0 Å². The molecule has 0 fully saturated rings. The van der Waals surface area contributed by atoms with Gasteiger partial charge in [0.2, 0.25) is 0 Å². The molecule has 4 nitrogen and oxygen atoms in total. The van der Waals surface area contributed by atoms with Crippen LogP contribution in [-0.4, -0.2) is 21.2 Å². The summed E-state index contributed by atoms with van der Waals surface area (Å²) in [4.78, 5) is 0.292. The molecule has 0 aromatic heterocycles. The number of ether oxygens (including phenoxy) is 1. The van der Waals surface area contributed by atoms with Crippen LogP contribution in [0.5, 0.6) is 5.75 Å². The molecule has 0 aliphatic carbocycles. The second-order valence-corrected chi connectivity index (χ2v) is 7.50. The van der Waals surface area contributed by atoms with Crippen molar-refractivity contribution in [2.24, 2.45) is 0 Å². The number of hydrogen-bond acceptors (Lipinski definition) is 4. The number of sulfone groups is 1. The highest BCUT2D eigenvalue weighted by molar-refractivity contribution is 7.90. The maximum atomic E-state index is 11.6. The van der Waals surface area contributed by atoms with Crippen LogP contribution in [0.25, 0.3) is 0 Å². The summed E-state index contributed by atoms with van der Waals surface area (Å²) in [6.07, 6.45) is 1.20. The zero-order valence-electron chi connectivity index (χ0n) is 12.0. The largest absolute Gasteiger partial charge is 0.479 e. The summed E-state index contributed by atoms with van der Waals surface area (Å²) in [6, 6.07) is 14.9. The second kappa shape index (κ2) is 4.77. The lowest BCUT2D eigenvalue weighted by atomic mass is 9.94. The minimum atomic E-state index is -3.21. The minimum Gasteiger partial charge on any atom is -0.479 e. The monoisotopic (exact) mass is 303 g/mol. The van der Waals surface area contributed by atoms with Gasteiger partial charge in [-0.05, 0) is 30.7 Å². The van der Waals surface area contributed by atoms with Gasteiger partial charge >= 0.3 is 0 Å². The fourth-order valence-electron chi connectivity index (χ4n) is 2.46. The fraction of sp³-hybridized carbons (Fsp3) is 0.250. The van der Waals surface area contributed by atoms with Crippen LogP contribution in [0.4, 0.5) is 5.69 Å². The molecule has 2 aromatic rings. The molecule has 1 unspecified atom stereocenters. The van der Waals surface area contributed by atoms with Gasteiger partial charge in [-0.2, -0.15) is 0 Å². The number of nitrogens with one attached hydrogen (secondary N) is 1. The molecular weight excluding hydrogens is 286 g/mol. The Balaban J connectivity index is 1.97. The standard InChI is InChI=1S/C16H17NO3S/c1-16(12-6-4-3-5-7-12)11-17-14-10-13(21(2,18)19)8-9-15(14)20-16/h3-10,17H,11H2,1-2H3. The third-order valence-electron chi connectivity index (χ3n) is 3.72. The highest BCUT2D eigenvalue weighted by atomic mass is 32.2. The van der Waals surface area contributed by atoms with Crippen molar-refractivity contribution in [2.75, 3.05) is 18.1 Å². The molecule has 0 saturated heterocycles.